The highest BCUT2D eigenvalue weighted by Gasteiger charge is 2.32. The van der Waals surface area contributed by atoms with E-state index in [-0.39, 0.29) is 6.04 Å². The van der Waals surface area contributed by atoms with E-state index < -0.39 is 10.0 Å². The van der Waals surface area contributed by atoms with Gasteiger partial charge in [-0.05, 0) is 37.8 Å². The molecule has 0 saturated heterocycles. The smallest absolute Gasteiger partial charge is 0.263 e. The summed E-state index contributed by atoms with van der Waals surface area (Å²) in [6, 6.07) is 7.18. The number of nitrogens with zero attached hydrogens (tertiary/aromatic N) is 1. The molecule has 0 radical (unpaired) electrons. The molecule has 3 rings (SSSR count). The van der Waals surface area contributed by atoms with Gasteiger partial charge in [-0.3, -0.25) is 9.71 Å². The first-order valence-corrected chi connectivity index (χ1v) is 7.76. The van der Waals surface area contributed by atoms with Gasteiger partial charge < -0.3 is 0 Å². The van der Waals surface area contributed by atoms with Crippen molar-refractivity contribution in [2.75, 3.05) is 0 Å². The second-order valence-corrected chi connectivity index (χ2v) is 6.66. The Morgan fingerprint density at radius 1 is 1.33 bits per heavy atom. The molecule has 96 valence electrons. The van der Waals surface area contributed by atoms with Gasteiger partial charge in [-0.1, -0.05) is 18.6 Å². The van der Waals surface area contributed by atoms with Crippen LogP contribution in [0.5, 0.6) is 0 Å². The number of rotatable bonds is 2. The predicted molar refractivity (Wildman–Crippen MR) is 70.1 cm³/mol. The number of nitrogens with one attached hydrogen (secondary N) is 1. The molecule has 0 spiro atoms. The Morgan fingerprint density at radius 3 is 2.72 bits per heavy atom. The number of aliphatic imine (C=N–C) groups is 1. The molecule has 1 saturated carbocycles. The van der Waals surface area contributed by atoms with Crippen LogP contribution in [0.15, 0.2) is 34.2 Å². The molecule has 0 bridgehead atoms. The molecule has 1 unspecified atom stereocenters. The monoisotopic (exact) mass is 264 g/mol. The summed E-state index contributed by atoms with van der Waals surface area (Å²) in [4.78, 5) is 4.90. The highest BCUT2D eigenvalue weighted by Crippen LogP contribution is 2.32. The fourth-order valence-electron chi connectivity index (χ4n) is 2.46. The maximum Gasteiger partial charge on any atom is 0.263 e. The van der Waals surface area contributed by atoms with Crippen LogP contribution in [-0.4, -0.2) is 20.3 Å². The fraction of sp³-hybridized carbons (Fsp3) is 0.462. The number of sulfonamides is 1. The van der Waals surface area contributed by atoms with Gasteiger partial charge in [-0.2, -0.15) is 0 Å². The van der Waals surface area contributed by atoms with Crippen LogP contribution in [0.2, 0.25) is 0 Å². The molecule has 1 N–H and O–H groups in total. The zero-order chi connectivity index (χ0) is 12.8. The molecular formula is C13H16N2O2S. The van der Waals surface area contributed by atoms with Crippen molar-refractivity contribution in [3.8, 4) is 0 Å². The van der Waals surface area contributed by atoms with Crippen LogP contribution in [0.1, 0.15) is 31.7 Å². The standard InChI is InChI=1S/C13H16N2O2S/c1-9(10-5-4-6-10)14-13-11-7-2-3-8-12(11)18(16,17)15-13/h2-3,7-10H,4-6H2,1H3,(H,14,15). The van der Waals surface area contributed by atoms with Crippen molar-refractivity contribution in [1.82, 2.24) is 4.72 Å². The van der Waals surface area contributed by atoms with Crippen molar-refractivity contribution < 1.29 is 8.42 Å². The Labute approximate surface area is 107 Å². The predicted octanol–water partition coefficient (Wildman–Crippen LogP) is 1.91. The second kappa shape index (κ2) is 4.09. The van der Waals surface area contributed by atoms with Gasteiger partial charge in [-0.25, -0.2) is 8.42 Å². The molecule has 0 amide bonds. The van der Waals surface area contributed by atoms with Crippen LogP contribution in [0.3, 0.4) is 0 Å². The van der Waals surface area contributed by atoms with Crippen molar-refractivity contribution in [3.05, 3.63) is 29.8 Å². The molecule has 1 fully saturated rings. The number of fused-ring (bicyclic) bond motifs is 1. The summed E-state index contributed by atoms with van der Waals surface area (Å²) in [5.41, 5.74) is 0.698. The van der Waals surface area contributed by atoms with Crippen LogP contribution >= 0.6 is 0 Å². The zero-order valence-corrected chi connectivity index (χ0v) is 11.1. The van der Waals surface area contributed by atoms with E-state index in [1.807, 2.05) is 6.07 Å². The number of hydrogen-bond acceptors (Lipinski definition) is 3. The molecule has 2 aliphatic rings. The summed E-state index contributed by atoms with van der Waals surface area (Å²) in [7, 11) is -3.40. The van der Waals surface area contributed by atoms with E-state index in [4.69, 9.17) is 0 Å². The van der Waals surface area contributed by atoms with Gasteiger partial charge in [-0.15, -0.1) is 0 Å². The van der Waals surface area contributed by atoms with Gasteiger partial charge in [0.05, 0.1) is 10.9 Å². The van der Waals surface area contributed by atoms with Crippen molar-refractivity contribution in [3.63, 3.8) is 0 Å². The van der Waals surface area contributed by atoms with Gasteiger partial charge in [0, 0.05) is 5.56 Å². The second-order valence-electron chi connectivity index (χ2n) is 5.01. The van der Waals surface area contributed by atoms with Crippen molar-refractivity contribution in [2.24, 2.45) is 10.9 Å². The lowest BCUT2D eigenvalue weighted by Crippen LogP contribution is -2.28. The van der Waals surface area contributed by atoms with E-state index >= 15 is 0 Å². The van der Waals surface area contributed by atoms with Gasteiger partial charge >= 0.3 is 0 Å². The third-order valence-corrected chi connectivity index (χ3v) is 5.22. The largest absolute Gasteiger partial charge is 0.264 e. The molecule has 1 aliphatic carbocycles. The highest BCUT2D eigenvalue weighted by molar-refractivity contribution is 7.90. The summed E-state index contributed by atoms with van der Waals surface area (Å²) in [6.07, 6.45) is 3.67. The van der Waals surface area contributed by atoms with Crippen LogP contribution in [0.25, 0.3) is 0 Å². The van der Waals surface area contributed by atoms with Crippen molar-refractivity contribution in [1.29, 1.82) is 0 Å². The maximum atomic E-state index is 11.9. The van der Waals surface area contributed by atoms with Crippen LogP contribution in [-0.2, 0) is 10.0 Å². The van der Waals surface area contributed by atoms with Crippen LogP contribution in [0.4, 0.5) is 0 Å². The Morgan fingerprint density at radius 2 is 2.06 bits per heavy atom. The SMILES string of the molecule is CC(N=C1NS(=O)(=O)c2ccccc21)C1CCC1. The van der Waals surface area contributed by atoms with Crippen molar-refractivity contribution >= 4 is 15.9 Å². The highest BCUT2D eigenvalue weighted by atomic mass is 32.2. The van der Waals surface area contributed by atoms with Gasteiger partial charge in [0.1, 0.15) is 5.84 Å². The van der Waals surface area contributed by atoms with Gasteiger partial charge in [0.2, 0.25) is 0 Å². The zero-order valence-electron chi connectivity index (χ0n) is 10.3. The van der Waals surface area contributed by atoms with Gasteiger partial charge in [0.25, 0.3) is 10.0 Å². The normalized spacial score (nSPS) is 25.3. The lowest BCUT2D eigenvalue weighted by molar-refractivity contribution is 0.274. The Kier molecular flexibility index (Phi) is 2.66. The fourth-order valence-corrected chi connectivity index (χ4v) is 3.70. The summed E-state index contributed by atoms with van der Waals surface area (Å²) in [5, 5.41) is 0. The Balaban J connectivity index is 1.98. The first-order chi connectivity index (χ1) is 8.58. The molecular weight excluding hydrogens is 248 g/mol. The maximum absolute atomic E-state index is 11.9. The minimum absolute atomic E-state index is 0.183. The molecule has 0 aromatic heterocycles. The van der Waals surface area contributed by atoms with E-state index in [0.29, 0.717) is 22.2 Å². The molecule has 1 aromatic rings. The van der Waals surface area contributed by atoms with Crippen molar-refractivity contribution in [2.45, 2.75) is 37.1 Å². The minimum Gasteiger partial charge on any atom is -0.264 e. The van der Waals surface area contributed by atoms with E-state index in [1.165, 1.54) is 19.3 Å². The van der Waals surface area contributed by atoms with E-state index in [2.05, 4.69) is 16.6 Å². The molecule has 5 heteroatoms. The van der Waals surface area contributed by atoms with E-state index in [9.17, 15) is 8.42 Å². The lowest BCUT2D eigenvalue weighted by Gasteiger charge is -2.29. The average molecular weight is 264 g/mol. The topological polar surface area (TPSA) is 58.5 Å². The number of benzene rings is 1. The Bertz CT molecular complexity index is 603. The van der Waals surface area contributed by atoms with Gasteiger partial charge in [0.15, 0.2) is 0 Å². The first-order valence-electron chi connectivity index (χ1n) is 6.28. The molecule has 1 aromatic carbocycles. The number of amidine groups is 1. The van der Waals surface area contributed by atoms with E-state index in [1.54, 1.807) is 18.2 Å². The Hall–Kier alpha value is -1.36. The minimum atomic E-state index is -3.40. The first kappa shape index (κ1) is 11.7. The summed E-state index contributed by atoms with van der Waals surface area (Å²) in [6.45, 7) is 2.06. The molecule has 4 nitrogen and oxygen atoms in total. The molecule has 1 heterocycles. The van der Waals surface area contributed by atoms with Crippen LogP contribution < -0.4 is 4.72 Å². The van der Waals surface area contributed by atoms with E-state index in [0.717, 1.165) is 0 Å². The quantitative estimate of drug-likeness (QED) is 0.887. The number of hydrogen-bond donors (Lipinski definition) is 1. The summed E-state index contributed by atoms with van der Waals surface area (Å²) < 4.78 is 26.4. The molecule has 18 heavy (non-hydrogen) atoms. The molecule has 1 aliphatic heterocycles. The summed E-state index contributed by atoms with van der Waals surface area (Å²) >= 11 is 0. The van der Waals surface area contributed by atoms with Crippen LogP contribution in [0, 0.1) is 5.92 Å². The third kappa shape index (κ3) is 1.82. The lowest BCUT2D eigenvalue weighted by atomic mass is 9.80. The molecule has 1 atom stereocenters. The summed E-state index contributed by atoms with van der Waals surface area (Å²) in [5.74, 6) is 1.11. The average Bonchev–Trinajstić information content (AvgIpc) is 2.49. The third-order valence-electron chi connectivity index (χ3n) is 3.83.